The highest BCUT2D eigenvalue weighted by atomic mass is 16.1. The first-order valence-corrected chi connectivity index (χ1v) is 6.80. The minimum Gasteiger partial charge on any atom is -0.397 e. The van der Waals surface area contributed by atoms with Gasteiger partial charge in [-0.15, -0.1) is 0 Å². The van der Waals surface area contributed by atoms with E-state index >= 15 is 0 Å². The molecular formula is C15H21N3O. The van der Waals surface area contributed by atoms with E-state index in [-0.39, 0.29) is 11.9 Å². The highest BCUT2D eigenvalue weighted by Gasteiger charge is 2.12. The lowest BCUT2D eigenvalue weighted by Crippen LogP contribution is -2.32. The van der Waals surface area contributed by atoms with Crippen molar-refractivity contribution in [3.05, 3.63) is 30.0 Å². The van der Waals surface area contributed by atoms with Gasteiger partial charge in [-0.05, 0) is 25.5 Å². The van der Waals surface area contributed by atoms with Crippen molar-refractivity contribution in [2.75, 3.05) is 5.73 Å². The fourth-order valence-electron chi connectivity index (χ4n) is 2.19. The van der Waals surface area contributed by atoms with Gasteiger partial charge in [0, 0.05) is 11.4 Å². The molecule has 2 rings (SSSR count). The standard InChI is InChI=1S/C15H21N3O/c1-3-4-6-10(2)17-15(19)13-9-11-7-5-8-12(16)14(11)18-13/h5,7-10,18H,3-4,6,16H2,1-2H3,(H,17,19). The van der Waals surface area contributed by atoms with Gasteiger partial charge in [0.15, 0.2) is 0 Å². The molecule has 0 aliphatic heterocycles. The summed E-state index contributed by atoms with van der Waals surface area (Å²) in [6.07, 6.45) is 3.27. The third kappa shape index (κ3) is 3.08. The number of fused-ring (bicyclic) bond motifs is 1. The molecule has 4 N–H and O–H groups in total. The predicted octanol–water partition coefficient (Wildman–Crippen LogP) is 3.06. The number of unbranched alkanes of at least 4 members (excludes halogenated alkanes) is 1. The van der Waals surface area contributed by atoms with Gasteiger partial charge in [0.1, 0.15) is 5.69 Å². The number of para-hydroxylation sites is 1. The van der Waals surface area contributed by atoms with Gasteiger partial charge in [-0.2, -0.15) is 0 Å². The Bertz CT molecular complexity index is 574. The van der Waals surface area contributed by atoms with Crippen LogP contribution in [0.3, 0.4) is 0 Å². The second kappa shape index (κ2) is 5.78. The van der Waals surface area contributed by atoms with Gasteiger partial charge in [0.2, 0.25) is 0 Å². The number of aromatic nitrogens is 1. The van der Waals surface area contributed by atoms with E-state index in [0.29, 0.717) is 11.4 Å². The molecule has 0 aliphatic rings. The SMILES string of the molecule is CCCCC(C)NC(=O)c1cc2cccc(N)c2[nH]1. The fraction of sp³-hybridized carbons (Fsp3) is 0.400. The molecule has 1 aromatic carbocycles. The van der Waals surface area contributed by atoms with Crippen molar-refractivity contribution in [2.45, 2.75) is 39.2 Å². The van der Waals surface area contributed by atoms with E-state index in [4.69, 9.17) is 5.73 Å². The number of nitrogens with one attached hydrogen (secondary N) is 2. The normalized spacial score (nSPS) is 12.5. The number of rotatable bonds is 5. The molecule has 1 unspecified atom stereocenters. The second-order valence-electron chi connectivity index (χ2n) is 5.01. The zero-order valence-corrected chi connectivity index (χ0v) is 11.5. The quantitative estimate of drug-likeness (QED) is 0.722. The summed E-state index contributed by atoms with van der Waals surface area (Å²) < 4.78 is 0. The van der Waals surface area contributed by atoms with Crippen LogP contribution in [-0.2, 0) is 0 Å². The number of nitrogens with two attached hydrogens (primary N) is 1. The van der Waals surface area contributed by atoms with Crippen molar-refractivity contribution in [2.24, 2.45) is 0 Å². The second-order valence-corrected chi connectivity index (χ2v) is 5.01. The Labute approximate surface area is 113 Å². The molecule has 1 heterocycles. The lowest BCUT2D eigenvalue weighted by atomic mass is 10.1. The maximum atomic E-state index is 12.1. The molecule has 0 fully saturated rings. The van der Waals surface area contributed by atoms with E-state index < -0.39 is 0 Å². The smallest absolute Gasteiger partial charge is 0.267 e. The molecule has 0 spiro atoms. The van der Waals surface area contributed by atoms with Crippen LogP contribution in [0.4, 0.5) is 5.69 Å². The van der Waals surface area contributed by atoms with Crippen molar-refractivity contribution < 1.29 is 4.79 Å². The summed E-state index contributed by atoms with van der Waals surface area (Å²) in [6.45, 7) is 4.18. The summed E-state index contributed by atoms with van der Waals surface area (Å²) in [5.74, 6) is -0.0702. The van der Waals surface area contributed by atoms with E-state index in [1.807, 2.05) is 31.2 Å². The van der Waals surface area contributed by atoms with Crippen LogP contribution in [0.1, 0.15) is 43.6 Å². The van der Waals surface area contributed by atoms with Crippen LogP contribution >= 0.6 is 0 Å². The summed E-state index contributed by atoms with van der Waals surface area (Å²) in [6, 6.07) is 7.69. The molecule has 2 aromatic rings. The van der Waals surface area contributed by atoms with Crippen LogP contribution in [0.15, 0.2) is 24.3 Å². The fourth-order valence-corrected chi connectivity index (χ4v) is 2.19. The minimum atomic E-state index is -0.0702. The number of hydrogen-bond donors (Lipinski definition) is 3. The summed E-state index contributed by atoms with van der Waals surface area (Å²) >= 11 is 0. The van der Waals surface area contributed by atoms with Crippen LogP contribution in [0.5, 0.6) is 0 Å². The molecule has 0 saturated carbocycles. The lowest BCUT2D eigenvalue weighted by Gasteiger charge is -2.12. The zero-order valence-electron chi connectivity index (χ0n) is 11.5. The largest absolute Gasteiger partial charge is 0.397 e. The first-order valence-electron chi connectivity index (χ1n) is 6.80. The monoisotopic (exact) mass is 259 g/mol. The van der Waals surface area contributed by atoms with Crippen molar-refractivity contribution in [3.63, 3.8) is 0 Å². The third-order valence-electron chi connectivity index (χ3n) is 3.30. The number of benzene rings is 1. The maximum absolute atomic E-state index is 12.1. The van der Waals surface area contributed by atoms with E-state index in [1.54, 1.807) is 0 Å². The molecule has 19 heavy (non-hydrogen) atoms. The molecule has 0 bridgehead atoms. The van der Waals surface area contributed by atoms with E-state index in [0.717, 1.165) is 30.2 Å². The number of aromatic amines is 1. The topological polar surface area (TPSA) is 70.9 Å². The highest BCUT2D eigenvalue weighted by Crippen LogP contribution is 2.21. The average Bonchev–Trinajstić information content (AvgIpc) is 2.82. The Morgan fingerprint density at radius 3 is 2.95 bits per heavy atom. The van der Waals surface area contributed by atoms with Gasteiger partial charge in [-0.3, -0.25) is 4.79 Å². The van der Waals surface area contributed by atoms with Gasteiger partial charge >= 0.3 is 0 Å². The zero-order chi connectivity index (χ0) is 13.8. The number of carbonyl (C=O) groups excluding carboxylic acids is 1. The van der Waals surface area contributed by atoms with Gasteiger partial charge in [-0.1, -0.05) is 31.9 Å². The molecule has 1 aromatic heterocycles. The Hall–Kier alpha value is -1.97. The maximum Gasteiger partial charge on any atom is 0.267 e. The third-order valence-corrected chi connectivity index (χ3v) is 3.30. The summed E-state index contributed by atoms with van der Waals surface area (Å²) in [4.78, 5) is 15.2. The van der Waals surface area contributed by atoms with Crippen molar-refractivity contribution >= 4 is 22.5 Å². The summed E-state index contributed by atoms with van der Waals surface area (Å²) in [5, 5.41) is 3.96. The Morgan fingerprint density at radius 1 is 1.47 bits per heavy atom. The molecule has 0 saturated heterocycles. The van der Waals surface area contributed by atoms with E-state index in [1.165, 1.54) is 0 Å². The van der Waals surface area contributed by atoms with Crippen LogP contribution in [0.25, 0.3) is 10.9 Å². The van der Waals surface area contributed by atoms with E-state index in [2.05, 4.69) is 17.2 Å². The molecular weight excluding hydrogens is 238 g/mol. The molecule has 1 amide bonds. The highest BCUT2D eigenvalue weighted by molar-refractivity contribution is 6.00. The Morgan fingerprint density at radius 2 is 2.26 bits per heavy atom. The van der Waals surface area contributed by atoms with E-state index in [9.17, 15) is 4.79 Å². The lowest BCUT2D eigenvalue weighted by molar-refractivity contribution is 0.0934. The Balaban J connectivity index is 2.11. The number of amides is 1. The predicted molar refractivity (Wildman–Crippen MR) is 79.2 cm³/mol. The summed E-state index contributed by atoms with van der Waals surface area (Å²) in [5.41, 5.74) is 7.93. The van der Waals surface area contributed by atoms with Crippen molar-refractivity contribution in [3.8, 4) is 0 Å². The molecule has 0 aliphatic carbocycles. The van der Waals surface area contributed by atoms with Gasteiger partial charge in [0.05, 0.1) is 11.2 Å². The summed E-state index contributed by atoms with van der Waals surface area (Å²) in [7, 11) is 0. The van der Waals surface area contributed by atoms with Crippen LogP contribution < -0.4 is 11.1 Å². The molecule has 4 heteroatoms. The Kier molecular flexibility index (Phi) is 4.10. The van der Waals surface area contributed by atoms with Crippen LogP contribution in [-0.4, -0.2) is 16.9 Å². The van der Waals surface area contributed by atoms with Crippen LogP contribution in [0.2, 0.25) is 0 Å². The number of hydrogen-bond acceptors (Lipinski definition) is 2. The van der Waals surface area contributed by atoms with Gasteiger partial charge < -0.3 is 16.0 Å². The van der Waals surface area contributed by atoms with Gasteiger partial charge in [-0.25, -0.2) is 0 Å². The minimum absolute atomic E-state index is 0.0702. The van der Waals surface area contributed by atoms with Crippen molar-refractivity contribution in [1.29, 1.82) is 0 Å². The number of H-pyrrole nitrogens is 1. The number of nitrogen functional groups attached to an aromatic ring is 1. The van der Waals surface area contributed by atoms with Crippen molar-refractivity contribution in [1.82, 2.24) is 10.3 Å². The number of anilines is 1. The van der Waals surface area contributed by atoms with Crippen LogP contribution in [0, 0.1) is 0 Å². The molecule has 102 valence electrons. The average molecular weight is 259 g/mol. The number of carbonyl (C=O) groups is 1. The first-order chi connectivity index (χ1) is 9.11. The molecule has 4 nitrogen and oxygen atoms in total. The first kappa shape index (κ1) is 13.5. The van der Waals surface area contributed by atoms with Gasteiger partial charge in [0.25, 0.3) is 5.91 Å². The molecule has 1 atom stereocenters. The molecule has 0 radical (unpaired) electrons.